The highest BCUT2D eigenvalue weighted by molar-refractivity contribution is 9.10. The van der Waals surface area contributed by atoms with Gasteiger partial charge in [0, 0.05) is 23.3 Å². The molecule has 0 radical (unpaired) electrons. The monoisotopic (exact) mass is 294 g/mol. The van der Waals surface area contributed by atoms with E-state index < -0.39 is 0 Å². The Bertz CT molecular complexity index is 521. The first-order valence-corrected chi connectivity index (χ1v) is 6.12. The van der Waals surface area contributed by atoms with Crippen LogP contribution in [-0.4, -0.2) is 9.78 Å². The first kappa shape index (κ1) is 12.3. The Morgan fingerprint density at radius 3 is 2.82 bits per heavy atom. The lowest BCUT2D eigenvalue weighted by atomic mass is 10.0. The van der Waals surface area contributed by atoms with E-state index in [1.807, 2.05) is 25.5 Å². The van der Waals surface area contributed by atoms with Gasteiger partial charge in [-0.3, -0.25) is 10.5 Å². The number of nitrogens with zero attached hydrogens (tertiary/aromatic N) is 2. The van der Waals surface area contributed by atoms with Gasteiger partial charge in [0.2, 0.25) is 0 Å². The van der Waals surface area contributed by atoms with E-state index in [4.69, 9.17) is 5.84 Å². The first-order valence-electron chi connectivity index (χ1n) is 5.33. The maximum absolute atomic E-state index is 5.66. The molecule has 0 bridgehead atoms. The van der Waals surface area contributed by atoms with E-state index in [0.717, 1.165) is 15.6 Å². The second kappa shape index (κ2) is 5.00. The molecule has 5 heteroatoms. The number of hydrogen-bond acceptors (Lipinski definition) is 3. The van der Waals surface area contributed by atoms with Crippen molar-refractivity contribution in [1.29, 1.82) is 0 Å². The number of rotatable bonds is 3. The predicted molar refractivity (Wildman–Crippen MR) is 71.3 cm³/mol. The molecule has 0 fully saturated rings. The molecule has 2 rings (SSSR count). The Labute approximate surface area is 109 Å². The molecule has 1 unspecified atom stereocenters. The number of aryl methyl sites for hydroxylation is 2. The van der Waals surface area contributed by atoms with E-state index in [2.05, 4.69) is 45.5 Å². The number of halogens is 1. The van der Waals surface area contributed by atoms with Crippen molar-refractivity contribution >= 4 is 15.9 Å². The minimum absolute atomic E-state index is 0.0574. The summed E-state index contributed by atoms with van der Waals surface area (Å²) in [6.45, 7) is 2.06. The third-order valence-electron chi connectivity index (χ3n) is 2.76. The lowest BCUT2D eigenvalue weighted by molar-refractivity contribution is 0.633. The summed E-state index contributed by atoms with van der Waals surface area (Å²) in [5.41, 5.74) is 6.17. The van der Waals surface area contributed by atoms with Gasteiger partial charge in [-0.25, -0.2) is 5.43 Å². The molecule has 1 aromatic heterocycles. The largest absolute Gasteiger partial charge is 0.275 e. The molecule has 0 aliphatic heterocycles. The summed E-state index contributed by atoms with van der Waals surface area (Å²) in [4.78, 5) is 0. The van der Waals surface area contributed by atoms with Crippen LogP contribution in [0.4, 0.5) is 0 Å². The number of hydrazine groups is 1. The number of aromatic nitrogens is 2. The first-order chi connectivity index (χ1) is 8.13. The molecule has 1 aromatic carbocycles. The minimum Gasteiger partial charge on any atom is -0.275 e. The van der Waals surface area contributed by atoms with Crippen LogP contribution in [-0.2, 0) is 7.05 Å². The SMILES string of the molecule is Cc1cccc(C(NN)c2cnn(C)c2)c1Br. The van der Waals surface area contributed by atoms with E-state index in [-0.39, 0.29) is 6.04 Å². The lowest BCUT2D eigenvalue weighted by Crippen LogP contribution is -2.29. The second-order valence-electron chi connectivity index (χ2n) is 4.03. The summed E-state index contributed by atoms with van der Waals surface area (Å²) >= 11 is 3.60. The molecule has 3 N–H and O–H groups in total. The van der Waals surface area contributed by atoms with Crippen molar-refractivity contribution in [1.82, 2.24) is 15.2 Å². The van der Waals surface area contributed by atoms with E-state index in [1.54, 1.807) is 4.68 Å². The molecule has 90 valence electrons. The fourth-order valence-electron chi connectivity index (χ4n) is 1.85. The highest BCUT2D eigenvalue weighted by Gasteiger charge is 2.17. The van der Waals surface area contributed by atoms with E-state index in [1.165, 1.54) is 5.56 Å². The number of nitrogens with two attached hydrogens (primary N) is 1. The molecule has 0 amide bonds. The second-order valence-corrected chi connectivity index (χ2v) is 4.82. The highest BCUT2D eigenvalue weighted by atomic mass is 79.9. The molecule has 1 atom stereocenters. The normalized spacial score (nSPS) is 12.7. The van der Waals surface area contributed by atoms with Crippen molar-refractivity contribution in [3.8, 4) is 0 Å². The molecule has 0 spiro atoms. The van der Waals surface area contributed by atoms with E-state index in [9.17, 15) is 0 Å². The molecule has 0 aliphatic carbocycles. The zero-order valence-corrected chi connectivity index (χ0v) is 11.4. The zero-order chi connectivity index (χ0) is 12.4. The molecule has 2 aromatic rings. The number of nitrogens with one attached hydrogen (secondary N) is 1. The summed E-state index contributed by atoms with van der Waals surface area (Å²) in [5.74, 6) is 5.66. The van der Waals surface area contributed by atoms with Gasteiger partial charge in [0.25, 0.3) is 0 Å². The summed E-state index contributed by atoms with van der Waals surface area (Å²) < 4.78 is 2.84. The summed E-state index contributed by atoms with van der Waals surface area (Å²) in [7, 11) is 1.89. The van der Waals surface area contributed by atoms with Crippen LogP contribution < -0.4 is 11.3 Å². The van der Waals surface area contributed by atoms with Gasteiger partial charge in [0.05, 0.1) is 12.2 Å². The summed E-state index contributed by atoms with van der Waals surface area (Å²) in [6, 6.07) is 6.08. The summed E-state index contributed by atoms with van der Waals surface area (Å²) in [6.07, 6.45) is 3.78. The maximum Gasteiger partial charge on any atom is 0.0751 e. The maximum atomic E-state index is 5.66. The van der Waals surface area contributed by atoms with Gasteiger partial charge in [-0.1, -0.05) is 34.1 Å². The van der Waals surface area contributed by atoms with Crippen LogP contribution in [0.3, 0.4) is 0 Å². The van der Waals surface area contributed by atoms with Crippen molar-refractivity contribution in [3.63, 3.8) is 0 Å². The number of benzene rings is 1. The van der Waals surface area contributed by atoms with Crippen molar-refractivity contribution in [2.75, 3.05) is 0 Å². The van der Waals surface area contributed by atoms with Crippen molar-refractivity contribution < 1.29 is 0 Å². The quantitative estimate of drug-likeness (QED) is 0.673. The molecular formula is C12H15BrN4. The molecular weight excluding hydrogens is 280 g/mol. The minimum atomic E-state index is -0.0574. The van der Waals surface area contributed by atoms with Gasteiger partial charge in [-0.2, -0.15) is 5.10 Å². The Morgan fingerprint density at radius 1 is 1.47 bits per heavy atom. The van der Waals surface area contributed by atoms with Crippen LogP contribution in [0.25, 0.3) is 0 Å². The molecule has 0 aliphatic rings. The molecule has 0 saturated heterocycles. The third-order valence-corrected chi connectivity index (χ3v) is 3.84. The Kier molecular flexibility index (Phi) is 3.61. The van der Waals surface area contributed by atoms with Crippen LogP contribution in [0.1, 0.15) is 22.7 Å². The van der Waals surface area contributed by atoms with Gasteiger partial charge in [0.1, 0.15) is 0 Å². The van der Waals surface area contributed by atoms with Crippen LogP contribution in [0.5, 0.6) is 0 Å². The topological polar surface area (TPSA) is 55.9 Å². The highest BCUT2D eigenvalue weighted by Crippen LogP contribution is 2.29. The van der Waals surface area contributed by atoms with E-state index in [0.29, 0.717) is 0 Å². The average molecular weight is 295 g/mol. The Balaban J connectivity index is 2.45. The predicted octanol–water partition coefficient (Wildman–Crippen LogP) is 2.04. The van der Waals surface area contributed by atoms with Gasteiger partial charge in [-0.05, 0) is 18.1 Å². The van der Waals surface area contributed by atoms with Crippen LogP contribution in [0.2, 0.25) is 0 Å². The molecule has 17 heavy (non-hydrogen) atoms. The van der Waals surface area contributed by atoms with E-state index >= 15 is 0 Å². The number of hydrogen-bond donors (Lipinski definition) is 2. The van der Waals surface area contributed by atoms with Crippen LogP contribution >= 0.6 is 15.9 Å². The zero-order valence-electron chi connectivity index (χ0n) is 9.81. The van der Waals surface area contributed by atoms with Gasteiger partial charge >= 0.3 is 0 Å². The molecule has 0 saturated carbocycles. The van der Waals surface area contributed by atoms with Gasteiger partial charge < -0.3 is 0 Å². The fraction of sp³-hybridized carbons (Fsp3) is 0.250. The van der Waals surface area contributed by atoms with Crippen LogP contribution in [0, 0.1) is 6.92 Å². The summed E-state index contributed by atoms with van der Waals surface area (Å²) in [5, 5.41) is 4.17. The average Bonchev–Trinajstić information content (AvgIpc) is 2.72. The van der Waals surface area contributed by atoms with Crippen molar-refractivity contribution in [3.05, 3.63) is 51.8 Å². The van der Waals surface area contributed by atoms with Crippen molar-refractivity contribution in [2.24, 2.45) is 12.9 Å². The molecule has 1 heterocycles. The molecule has 4 nitrogen and oxygen atoms in total. The van der Waals surface area contributed by atoms with Crippen LogP contribution in [0.15, 0.2) is 35.1 Å². The Morgan fingerprint density at radius 2 is 2.24 bits per heavy atom. The van der Waals surface area contributed by atoms with Gasteiger partial charge in [0.15, 0.2) is 0 Å². The lowest BCUT2D eigenvalue weighted by Gasteiger charge is -2.17. The van der Waals surface area contributed by atoms with Crippen molar-refractivity contribution in [2.45, 2.75) is 13.0 Å². The smallest absolute Gasteiger partial charge is 0.0751 e. The third kappa shape index (κ3) is 2.41. The fourth-order valence-corrected chi connectivity index (χ4v) is 2.34. The van der Waals surface area contributed by atoms with Gasteiger partial charge in [-0.15, -0.1) is 0 Å². The standard InChI is InChI=1S/C12H15BrN4/c1-8-4-3-5-10(11(8)13)12(16-14)9-6-15-17(2)7-9/h3-7,12,16H,14H2,1-2H3. The Hall–Kier alpha value is -1.17.